The van der Waals surface area contributed by atoms with Crippen molar-refractivity contribution in [2.45, 2.75) is 32.7 Å². The maximum Gasteiger partial charge on any atom is 0.213 e. The van der Waals surface area contributed by atoms with Crippen LogP contribution in [0.3, 0.4) is 0 Å². The van der Waals surface area contributed by atoms with Crippen LogP contribution in [0.4, 0.5) is 0 Å². The van der Waals surface area contributed by atoms with Gasteiger partial charge in [0.1, 0.15) is 0 Å². The predicted octanol–water partition coefficient (Wildman–Crippen LogP) is 2.11. The Hall–Kier alpha value is -1.09. The molecule has 14 heavy (non-hydrogen) atoms. The zero-order chi connectivity index (χ0) is 10.2. The Kier molecular flexibility index (Phi) is 5.00. The van der Waals surface area contributed by atoms with Crippen molar-refractivity contribution in [1.82, 2.24) is 4.98 Å². The van der Waals surface area contributed by atoms with E-state index in [4.69, 9.17) is 10.5 Å². The van der Waals surface area contributed by atoms with Gasteiger partial charge in [-0.05, 0) is 12.5 Å². The van der Waals surface area contributed by atoms with Crippen LogP contribution in [0.1, 0.15) is 31.9 Å². The average Bonchev–Trinajstić information content (AvgIpc) is 2.25. The Balaban J connectivity index is 2.34. The molecule has 0 atom stereocenters. The lowest BCUT2D eigenvalue weighted by molar-refractivity contribution is 0.294. The van der Waals surface area contributed by atoms with Gasteiger partial charge in [-0.25, -0.2) is 4.98 Å². The Morgan fingerprint density at radius 2 is 2.21 bits per heavy atom. The van der Waals surface area contributed by atoms with Crippen LogP contribution in [0.15, 0.2) is 18.2 Å². The SMILES string of the molecule is CCCCCOc1cccc(CN)n1. The molecule has 1 rings (SSSR count). The molecule has 3 heteroatoms. The van der Waals surface area contributed by atoms with Crippen LogP contribution in [-0.2, 0) is 6.54 Å². The first-order valence-electron chi connectivity index (χ1n) is 5.15. The van der Waals surface area contributed by atoms with Crippen LogP contribution in [-0.4, -0.2) is 11.6 Å². The van der Waals surface area contributed by atoms with Crippen LogP contribution < -0.4 is 10.5 Å². The van der Waals surface area contributed by atoms with E-state index in [0.29, 0.717) is 12.4 Å². The monoisotopic (exact) mass is 194 g/mol. The van der Waals surface area contributed by atoms with Gasteiger partial charge in [-0.1, -0.05) is 25.8 Å². The fourth-order valence-corrected chi connectivity index (χ4v) is 1.18. The Morgan fingerprint density at radius 1 is 1.36 bits per heavy atom. The highest BCUT2D eigenvalue weighted by atomic mass is 16.5. The molecule has 2 N–H and O–H groups in total. The standard InChI is InChI=1S/C11H18N2O/c1-2-3-4-8-14-11-7-5-6-10(9-12)13-11/h5-7H,2-4,8-9,12H2,1H3. The quantitative estimate of drug-likeness (QED) is 0.705. The number of hydrogen-bond donors (Lipinski definition) is 1. The molecule has 0 spiro atoms. The van der Waals surface area contributed by atoms with Crippen molar-refractivity contribution in [3.63, 3.8) is 0 Å². The summed E-state index contributed by atoms with van der Waals surface area (Å²) in [5, 5.41) is 0. The number of nitrogens with two attached hydrogens (primary N) is 1. The van der Waals surface area contributed by atoms with Gasteiger partial charge < -0.3 is 10.5 Å². The van der Waals surface area contributed by atoms with Crippen molar-refractivity contribution in [1.29, 1.82) is 0 Å². The molecule has 0 unspecified atom stereocenters. The van der Waals surface area contributed by atoms with Gasteiger partial charge >= 0.3 is 0 Å². The minimum absolute atomic E-state index is 0.464. The maximum absolute atomic E-state index is 5.48. The maximum atomic E-state index is 5.48. The topological polar surface area (TPSA) is 48.1 Å². The van der Waals surface area contributed by atoms with E-state index in [1.54, 1.807) is 0 Å². The first-order valence-corrected chi connectivity index (χ1v) is 5.15. The smallest absolute Gasteiger partial charge is 0.213 e. The van der Waals surface area contributed by atoms with E-state index in [0.717, 1.165) is 18.7 Å². The van der Waals surface area contributed by atoms with Gasteiger partial charge in [0.25, 0.3) is 0 Å². The fourth-order valence-electron chi connectivity index (χ4n) is 1.18. The van der Waals surface area contributed by atoms with Crippen LogP contribution in [0.2, 0.25) is 0 Å². The molecule has 0 aliphatic rings. The summed E-state index contributed by atoms with van der Waals surface area (Å²) >= 11 is 0. The van der Waals surface area contributed by atoms with Crippen molar-refractivity contribution >= 4 is 0 Å². The molecule has 0 amide bonds. The number of unbranched alkanes of at least 4 members (excludes halogenated alkanes) is 2. The summed E-state index contributed by atoms with van der Waals surface area (Å²) in [6, 6.07) is 5.69. The molecule has 78 valence electrons. The molecule has 0 saturated heterocycles. The molecule has 0 aliphatic carbocycles. The zero-order valence-electron chi connectivity index (χ0n) is 8.70. The average molecular weight is 194 g/mol. The molecule has 1 aromatic rings. The van der Waals surface area contributed by atoms with Crippen LogP contribution in [0.5, 0.6) is 5.88 Å². The molecular formula is C11H18N2O. The van der Waals surface area contributed by atoms with E-state index in [1.165, 1.54) is 12.8 Å². The van der Waals surface area contributed by atoms with E-state index in [1.807, 2.05) is 18.2 Å². The van der Waals surface area contributed by atoms with Crippen molar-refractivity contribution in [2.24, 2.45) is 5.73 Å². The van der Waals surface area contributed by atoms with E-state index in [9.17, 15) is 0 Å². The minimum atomic E-state index is 0.464. The number of nitrogens with zero attached hydrogens (tertiary/aromatic N) is 1. The van der Waals surface area contributed by atoms with Crippen molar-refractivity contribution in [3.8, 4) is 5.88 Å². The minimum Gasteiger partial charge on any atom is -0.478 e. The summed E-state index contributed by atoms with van der Waals surface area (Å²) in [5.74, 6) is 0.684. The first kappa shape index (κ1) is 11.0. The molecule has 0 radical (unpaired) electrons. The van der Waals surface area contributed by atoms with Gasteiger partial charge in [-0.3, -0.25) is 0 Å². The van der Waals surface area contributed by atoms with Crippen LogP contribution in [0.25, 0.3) is 0 Å². The van der Waals surface area contributed by atoms with E-state index < -0.39 is 0 Å². The highest BCUT2D eigenvalue weighted by Gasteiger charge is 1.96. The van der Waals surface area contributed by atoms with Crippen LogP contribution in [0, 0.1) is 0 Å². The summed E-state index contributed by atoms with van der Waals surface area (Å²) in [5.41, 5.74) is 6.35. The number of ether oxygens (including phenoxy) is 1. The predicted molar refractivity (Wildman–Crippen MR) is 57.1 cm³/mol. The molecule has 0 aromatic carbocycles. The first-order chi connectivity index (χ1) is 6.86. The van der Waals surface area contributed by atoms with Gasteiger partial charge in [-0.2, -0.15) is 0 Å². The Bertz CT molecular complexity index is 263. The molecule has 1 aromatic heterocycles. The lowest BCUT2D eigenvalue weighted by atomic mass is 10.3. The van der Waals surface area contributed by atoms with Gasteiger partial charge in [0.05, 0.1) is 12.3 Å². The largest absolute Gasteiger partial charge is 0.478 e. The highest BCUT2D eigenvalue weighted by molar-refractivity contribution is 5.15. The van der Waals surface area contributed by atoms with Gasteiger partial charge in [0.15, 0.2) is 0 Å². The highest BCUT2D eigenvalue weighted by Crippen LogP contribution is 2.08. The third-order valence-corrected chi connectivity index (χ3v) is 1.99. The van der Waals surface area contributed by atoms with Crippen LogP contribution >= 0.6 is 0 Å². The van der Waals surface area contributed by atoms with E-state index in [-0.39, 0.29) is 0 Å². The lowest BCUT2D eigenvalue weighted by Gasteiger charge is -2.05. The van der Waals surface area contributed by atoms with Gasteiger partial charge in [-0.15, -0.1) is 0 Å². The normalized spacial score (nSPS) is 10.1. The Labute approximate surface area is 85.3 Å². The number of aromatic nitrogens is 1. The van der Waals surface area contributed by atoms with Gasteiger partial charge in [0, 0.05) is 12.6 Å². The lowest BCUT2D eigenvalue weighted by Crippen LogP contribution is -2.03. The van der Waals surface area contributed by atoms with E-state index >= 15 is 0 Å². The second-order valence-electron chi connectivity index (χ2n) is 3.23. The second kappa shape index (κ2) is 6.38. The zero-order valence-corrected chi connectivity index (χ0v) is 8.70. The molecule has 0 saturated carbocycles. The second-order valence-corrected chi connectivity index (χ2v) is 3.23. The molecular weight excluding hydrogens is 176 g/mol. The summed E-state index contributed by atoms with van der Waals surface area (Å²) in [6.45, 7) is 3.38. The third-order valence-electron chi connectivity index (χ3n) is 1.99. The molecule has 0 fully saturated rings. The third kappa shape index (κ3) is 3.75. The van der Waals surface area contributed by atoms with E-state index in [2.05, 4.69) is 11.9 Å². The summed E-state index contributed by atoms with van der Waals surface area (Å²) in [4.78, 5) is 4.24. The van der Waals surface area contributed by atoms with Crippen molar-refractivity contribution < 1.29 is 4.74 Å². The van der Waals surface area contributed by atoms with Crippen molar-refractivity contribution in [2.75, 3.05) is 6.61 Å². The summed E-state index contributed by atoms with van der Waals surface area (Å²) in [7, 11) is 0. The van der Waals surface area contributed by atoms with Crippen molar-refractivity contribution in [3.05, 3.63) is 23.9 Å². The summed E-state index contributed by atoms with van der Waals surface area (Å²) in [6.07, 6.45) is 3.50. The summed E-state index contributed by atoms with van der Waals surface area (Å²) < 4.78 is 5.48. The number of rotatable bonds is 6. The molecule has 1 heterocycles. The number of hydrogen-bond acceptors (Lipinski definition) is 3. The molecule has 3 nitrogen and oxygen atoms in total. The molecule has 0 aliphatic heterocycles. The van der Waals surface area contributed by atoms with Gasteiger partial charge in [0.2, 0.25) is 5.88 Å². The molecule has 0 bridgehead atoms. The number of pyridine rings is 1. The fraction of sp³-hybridized carbons (Fsp3) is 0.545. The Morgan fingerprint density at radius 3 is 2.93 bits per heavy atom.